The van der Waals surface area contributed by atoms with Crippen LogP contribution >= 0.6 is 0 Å². The van der Waals surface area contributed by atoms with Crippen LogP contribution in [0, 0.1) is 13.8 Å². The molecule has 1 amide bonds. The average molecular weight is 256 g/mol. The van der Waals surface area contributed by atoms with Gasteiger partial charge in [0, 0.05) is 11.8 Å². The van der Waals surface area contributed by atoms with E-state index in [9.17, 15) is 4.79 Å². The summed E-state index contributed by atoms with van der Waals surface area (Å²) in [5.41, 5.74) is 3.25. The van der Waals surface area contributed by atoms with Gasteiger partial charge in [-0.3, -0.25) is 9.78 Å². The summed E-state index contributed by atoms with van der Waals surface area (Å²) in [6, 6.07) is 7.23. The highest BCUT2D eigenvalue weighted by Crippen LogP contribution is 2.20. The number of nitrogens with one attached hydrogen (secondary N) is 1. The maximum absolute atomic E-state index is 12.2. The molecule has 1 heterocycles. The molecule has 0 fully saturated rings. The minimum absolute atomic E-state index is 0.172. The van der Waals surface area contributed by atoms with Crippen LogP contribution in [-0.2, 0) is 0 Å². The van der Waals surface area contributed by atoms with E-state index >= 15 is 0 Å². The van der Waals surface area contributed by atoms with E-state index in [4.69, 9.17) is 4.74 Å². The largest absolute Gasteiger partial charge is 0.496 e. The summed E-state index contributed by atoms with van der Waals surface area (Å²) in [5.74, 6) is 0.532. The molecule has 1 N–H and O–H groups in total. The fourth-order valence-corrected chi connectivity index (χ4v) is 1.75. The average Bonchev–Trinajstić information content (AvgIpc) is 2.42. The number of rotatable bonds is 3. The molecule has 0 saturated heterocycles. The van der Waals surface area contributed by atoms with E-state index in [0.717, 1.165) is 11.1 Å². The molecule has 0 aliphatic carbocycles. The van der Waals surface area contributed by atoms with Gasteiger partial charge in [-0.15, -0.1) is 0 Å². The third-order valence-corrected chi connectivity index (χ3v) is 2.96. The molecule has 0 spiro atoms. The fraction of sp³-hybridized carbons (Fsp3) is 0.200. The van der Waals surface area contributed by atoms with Crippen LogP contribution in [0.5, 0.6) is 5.75 Å². The van der Waals surface area contributed by atoms with Crippen LogP contribution in [0.3, 0.4) is 0 Å². The highest BCUT2D eigenvalue weighted by atomic mass is 16.5. The van der Waals surface area contributed by atoms with Gasteiger partial charge in [0.15, 0.2) is 0 Å². The first-order valence-corrected chi connectivity index (χ1v) is 5.98. The molecule has 4 heteroatoms. The Balaban J connectivity index is 2.23. The summed E-state index contributed by atoms with van der Waals surface area (Å²) in [6.45, 7) is 3.86. The number of anilines is 1. The van der Waals surface area contributed by atoms with Crippen LogP contribution in [-0.4, -0.2) is 18.0 Å². The van der Waals surface area contributed by atoms with Crippen molar-refractivity contribution in [1.82, 2.24) is 4.98 Å². The molecule has 0 bridgehead atoms. The summed E-state index contributed by atoms with van der Waals surface area (Å²) in [6.07, 6.45) is 3.33. The maximum atomic E-state index is 12.2. The first kappa shape index (κ1) is 13.1. The lowest BCUT2D eigenvalue weighted by Gasteiger charge is -2.09. The number of aromatic nitrogens is 1. The van der Waals surface area contributed by atoms with E-state index < -0.39 is 0 Å². The van der Waals surface area contributed by atoms with Crippen LogP contribution in [0.25, 0.3) is 0 Å². The second kappa shape index (κ2) is 5.52. The van der Waals surface area contributed by atoms with Gasteiger partial charge in [0.1, 0.15) is 5.75 Å². The molecule has 0 aliphatic heterocycles. The molecule has 4 nitrogen and oxygen atoms in total. The summed E-state index contributed by atoms with van der Waals surface area (Å²) in [5, 5.41) is 2.84. The van der Waals surface area contributed by atoms with Crippen LogP contribution in [0.15, 0.2) is 36.7 Å². The maximum Gasteiger partial charge on any atom is 0.255 e. The third kappa shape index (κ3) is 2.91. The van der Waals surface area contributed by atoms with E-state index in [-0.39, 0.29) is 5.91 Å². The van der Waals surface area contributed by atoms with E-state index in [1.165, 1.54) is 0 Å². The van der Waals surface area contributed by atoms with E-state index in [0.29, 0.717) is 17.0 Å². The van der Waals surface area contributed by atoms with Crippen molar-refractivity contribution in [2.45, 2.75) is 13.8 Å². The number of aryl methyl sites for hydroxylation is 2. The van der Waals surface area contributed by atoms with E-state index in [1.807, 2.05) is 26.0 Å². The summed E-state index contributed by atoms with van der Waals surface area (Å²) < 4.78 is 5.22. The number of hydrogen-bond donors (Lipinski definition) is 1. The van der Waals surface area contributed by atoms with Crippen molar-refractivity contribution in [2.75, 3.05) is 12.4 Å². The van der Waals surface area contributed by atoms with E-state index in [2.05, 4.69) is 10.3 Å². The highest BCUT2D eigenvalue weighted by molar-refractivity contribution is 6.04. The molecule has 0 aliphatic rings. The third-order valence-electron chi connectivity index (χ3n) is 2.96. The van der Waals surface area contributed by atoms with Gasteiger partial charge in [0.2, 0.25) is 0 Å². The number of ether oxygens (including phenoxy) is 1. The molecule has 1 aromatic heterocycles. The SMILES string of the molecule is COc1cc(C(=O)Nc2cnccc2C)ccc1C. The predicted molar refractivity (Wildman–Crippen MR) is 74.7 cm³/mol. The zero-order chi connectivity index (χ0) is 13.8. The predicted octanol–water partition coefficient (Wildman–Crippen LogP) is 2.96. The Morgan fingerprint density at radius 1 is 1.21 bits per heavy atom. The van der Waals surface area contributed by atoms with Gasteiger partial charge in [0.05, 0.1) is 19.0 Å². The molecule has 0 radical (unpaired) electrons. The van der Waals surface area contributed by atoms with Crippen LogP contribution < -0.4 is 10.1 Å². The van der Waals surface area contributed by atoms with E-state index in [1.54, 1.807) is 31.6 Å². The van der Waals surface area contributed by atoms with Crippen LogP contribution in [0.1, 0.15) is 21.5 Å². The molecule has 98 valence electrons. The van der Waals surface area contributed by atoms with Gasteiger partial charge >= 0.3 is 0 Å². The minimum Gasteiger partial charge on any atom is -0.496 e. The number of hydrogen-bond acceptors (Lipinski definition) is 3. The summed E-state index contributed by atoms with van der Waals surface area (Å²) in [7, 11) is 1.59. The Morgan fingerprint density at radius 2 is 2.00 bits per heavy atom. The lowest BCUT2D eigenvalue weighted by Crippen LogP contribution is -2.13. The first-order chi connectivity index (χ1) is 9.11. The Morgan fingerprint density at radius 3 is 2.68 bits per heavy atom. The lowest BCUT2D eigenvalue weighted by molar-refractivity contribution is 0.102. The Bertz CT molecular complexity index is 609. The van der Waals surface area contributed by atoms with Gasteiger partial charge < -0.3 is 10.1 Å². The molecule has 0 saturated carbocycles. The van der Waals surface area contributed by atoms with Gasteiger partial charge in [-0.1, -0.05) is 6.07 Å². The number of nitrogens with zero attached hydrogens (tertiary/aromatic N) is 1. The standard InChI is InChI=1S/C15H16N2O2/c1-10-6-7-16-9-13(10)17-15(18)12-5-4-11(2)14(8-12)19-3/h4-9H,1-3H3,(H,17,18). The number of pyridine rings is 1. The van der Waals surface area contributed by atoms with Crippen molar-refractivity contribution < 1.29 is 9.53 Å². The van der Waals surface area contributed by atoms with Crippen LogP contribution in [0.4, 0.5) is 5.69 Å². The first-order valence-electron chi connectivity index (χ1n) is 5.98. The van der Waals surface area contributed by atoms with Crippen molar-refractivity contribution in [2.24, 2.45) is 0 Å². The van der Waals surface area contributed by atoms with Gasteiger partial charge in [-0.25, -0.2) is 0 Å². The van der Waals surface area contributed by atoms with Crippen molar-refractivity contribution in [3.05, 3.63) is 53.3 Å². The molecule has 1 aromatic carbocycles. The highest BCUT2D eigenvalue weighted by Gasteiger charge is 2.10. The molecular weight excluding hydrogens is 240 g/mol. The molecule has 2 aromatic rings. The molecule has 2 rings (SSSR count). The normalized spacial score (nSPS) is 10.1. The van der Waals surface area contributed by atoms with Gasteiger partial charge in [-0.2, -0.15) is 0 Å². The number of carbonyl (C=O) groups excluding carboxylic acids is 1. The quantitative estimate of drug-likeness (QED) is 0.918. The van der Waals surface area contributed by atoms with Crippen molar-refractivity contribution in [1.29, 1.82) is 0 Å². The molecule has 0 atom stereocenters. The summed E-state index contributed by atoms with van der Waals surface area (Å²) in [4.78, 5) is 16.2. The topological polar surface area (TPSA) is 51.2 Å². The lowest BCUT2D eigenvalue weighted by atomic mass is 10.1. The minimum atomic E-state index is -0.172. The number of carbonyl (C=O) groups is 1. The zero-order valence-electron chi connectivity index (χ0n) is 11.2. The molecule has 19 heavy (non-hydrogen) atoms. The van der Waals surface area contributed by atoms with Crippen molar-refractivity contribution in [3.8, 4) is 5.75 Å². The Kier molecular flexibility index (Phi) is 3.80. The smallest absolute Gasteiger partial charge is 0.255 e. The number of methoxy groups -OCH3 is 1. The van der Waals surface area contributed by atoms with Crippen LogP contribution in [0.2, 0.25) is 0 Å². The van der Waals surface area contributed by atoms with Gasteiger partial charge in [-0.05, 0) is 43.2 Å². The number of amides is 1. The second-order valence-electron chi connectivity index (χ2n) is 4.33. The summed E-state index contributed by atoms with van der Waals surface area (Å²) >= 11 is 0. The Labute approximate surface area is 112 Å². The van der Waals surface area contributed by atoms with Gasteiger partial charge in [0.25, 0.3) is 5.91 Å². The fourth-order valence-electron chi connectivity index (χ4n) is 1.75. The molecular formula is C15H16N2O2. The zero-order valence-corrected chi connectivity index (χ0v) is 11.2. The molecule has 0 unspecified atom stereocenters. The number of benzene rings is 1. The van der Waals surface area contributed by atoms with Crippen molar-refractivity contribution >= 4 is 11.6 Å². The van der Waals surface area contributed by atoms with Crippen molar-refractivity contribution in [3.63, 3.8) is 0 Å². The monoisotopic (exact) mass is 256 g/mol. The Hall–Kier alpha value is -2.36. The second-order valence-corrected chi connectivity index (χ2v) is 4.33.